The number of benzene rings is 1. The van der Waals surface area contributed by atoms with E-state index in [1.807, 2.05) is 0 Å². The van der Waals surface area contributed by atoms with Crippen LogP contribution in [-0.2, 0) is 0 Å². The van der Waals surface area contributed by atoms with Crippen molar-refractivity contribution < 1.29 is 18.5 Å². The van der Waals surface area contributed by atoms with Crippen LogP contribution in [0.2, 0.25) is 0 Å². The van der Waals surface area contributed by atoms with Crippen molar-refractivity contribution in [3.8, 4) is 11.8 Å². The molecule has 13 heavy (non-hydrogen) atoms. The summed E-state index contributed by atoms with van der Waals surface area (Å²) in [6.07, 6.45) is 0. The first kappa shape index (κ1) is 9.48. The molecule has 0 heterocycles. The number of hydrogen-bond donors (Lipinski definition) is 1. The molecule has 6 heteroatoms. The van der Waals surface area contributed by atoms with Crippen molar-refractivity contribution in [2.75, 3.05) is 0 Å². The second-order valence-corrected chi connectivity index (χ2v) is 2.10. The lowest BCUT2D eigenvalue weighted by Gasteiger charge is -2.03. The molecule has 0 saturated carbocycles. The van der Waals surface area contributed by atoms with Gasteiger partial charge in [-0.15, -0.1) is 0 Å². The summed E-state index contributed by atoms with van der Waals surface area (Å²) in [5, 5.41) is 16.5. The van der Waals surface area contributed by atoms with E-state index in [0.29, 0.717) is 12.1 Å². The van der Waals surface area contributed by atoms with Crippen LogP contribution in [0.25, 0.3) is 0 Å². The smallest absolute Gasteiger partial charge is 0.535 e. The summed E-state index contributed by atoms with van der Waals surface area (Å²) in [4.78, 5) is 0. The fraction of sp³-hybridized carbons (Fsp3) is 0. The lowest BCUT2D eigenvalue weighted by molar-refractivity contribution is 0.428. The SMILES string of the molecule is N#Cc1cc(F)c(O[B]O)cc1F. The van der Waals surface area contributed by atoms with E-state index in [2.05, 4.69) is 4.65 Å². The predicted molar refractivity (Wildman–Crippen MR) is 39.7 cm³/mol. The molecule has 0 aliphatic rings. The van der Waals surface area contributed by atoms with Crippen molar-refractivity contribution in [3.63, 3.8) is 0 Å². The molecule has 1 aromatic rings. The molecule has 0 spiro atoms. The van der Waals surface area contributed by atoms with Crippen LogP contribution in [-0.4, -0.2) is 12.7 Å². The Balaban J connectivity index is 3.14. The Bertz CT molecular complexity index is 364. The van der Waals surface area contributed by atoms with Crippen molar-refractivity contribution in [1.29, 1.82) is 5.26 Å². The summed E-state index contributed by atoms with van der Waals surface area (Å²) >= 11 is 0. The molecule has 65 valence electrons. The molecule has 3 nitrogen and oxygen atoms in total. The highest BCUT2D eigenvalue weighted by Gasteiger charge is 2.10. The Morgan fingerprint density at radius 1 is 1.38 bits per heavy atom. The van der Waals surface area contributed by atoms with Crippen LogP contribution in [0.15, 0.2) is 12.1 Å². The molecule has 0 atom stereocenters. The highest BCUT2D eigenvalue weighted by Crippen LogP contribution is 2.20. The third-order valence-corrected chi connectivity index (χ3v) is 1.32. The Kier molecular flexibility index (Phi) is 2.82. The van der Waals surface area contributed by atoms with Crippen LogP contribution in [0.4, 0.5) is 8.78 Å². The summed E-state index contributed by atoms with van der Waals surface area (Å²) in [7, 11) is 0.226. The average molecular weight is 182 g/mol. The molecule has 0 amide bonds. The van der Waals surface area contributed by atoms with Gasteiger partial charge in [-0.1, -0.05) is 0 Å². The summed E-state index contributed by atoms with van der Waals surface area (Å²) in [5.41, 5.74) is -0.414. The minimum absolute atomic E-state index is 0.226. The van der Waals surface area contributed by atoms with Gasteiger partial charge in [0.1, 0.15) is 17.6 Å². The van der Waals surface area contributed by atoms with Crippen molar-refractivity contribution in [2.24, 2.45) is 0 Å². The van der Waals surface area contributed by atoms with Crippen LogP contribution in [0.1, 0.15) is 5.56 Å². The molecular formula is C7H3BF2NO2. The zero-order chi connectivity index (χ0) is 9.84. The molecule has 0 fully saturated rings. The van der Waals surface area contributed by atoms with E-state index in [4.69, 9.17) is 10.3 Å². The first-order chi connectivity index (χ1) is 6.19. The van der Waals surface area contributed by atoms with Crippen molar-refractivity contribution in [3.05, 3.63) is 29.3 Å². The van der Waals surface area contributed by atoms with Crippen molar-refractivity contribution >= 4 is 7.69 Å². The number of nitrogens with zero attached hydrogens (tertiary/aromatic N) is 1. The zero-order valence-corrected chi connectivity index (χ0v) is 6.29. The topological polar surface area (TPSA) is 53.2 Å². The molecule has 0 aliphatic heterocycles. The molecule has 0 saturated heterocycles. The maximum absolute atomic E-state index is 12.8. The van der Waals surface area contributed by atoms with E-state index in [0.717, 1.165) is 0 Å². The molecule has 1 rings (SSSR count). The number of hydrogen-bond acceptors (Lipinski definition) is 3. The molecule has 0 aliphatic carbocycles. The lowest BCUT2D eigenvalue weighted by atomic mass is 10.2. The van der Waals surface area contributed by atoms with Gasteiger partial charge < -0.3 is 9.68 Å². The van der Waals surface area contributed by atoms with E-state index in [-0.39, 0.29) is 7.69 Å². The standard InChI is InChI=1S/C7H3BF2NO2/c9-5-2-7(13-8-12)6(10)1-4(5)3-11/h1-2,12H. The summed E-state index contributed by atoms with van der Waals surface area (Å²) in [6, 6.07) is 2.83. The van der Waals surface area contributed by atoms with Gasteiger partial charge in [0.15, 0.2) is 5.82 Å². The van der Waals surface area contributed by atoms with Gasteiger partial charge in [-0.2, -0.15) is 5.26 Å². The first-order valence-electron chi connectivity index (χ1n) is 3.20. The molecule has 0 unspecified atom stereocenters. The molecule has 1 aromatic carbocycles. The van der Waals surface area contributed by atoms with Gasteiger partial charge in [0.2, 0.25) is 0 Å². The summed E-state index contributed by atoms with van der Waals surface area (Å²) in [6.45, 7) is 0. The maximum atomic E-state index is 12.8. The van der Waals surface area contributed by atoms with Crippen molar-refractivity contribution in [2.45, 2.75) is 0 Å². The third kappa shape index (κ3) is 1.95. The average Bonchev–Trinajstić information content (AvgIpc) is 2.11. The molecule has 0 aromatic heterocycles. The molecule has 1 radical (unpaired) electrons. The van der Waals surface area contributed by atoms with E-state index >= 15 is 0 Å². The highest BCUT2D eigenvalue weighted by molar-refractivity contribution is 6.17. The fourth-order valence-electron chi connectivity index (χ4n) is 0.761. The number of halogens is 2. The second kappa shape index (κ2) is 3.87. The Morgan fingerprint density at radius 3 is 2.62 bits per heavy atom. The quantitative estimate of drug-likeness (QED) is 0.686. The van der Waals surface area contributed by atoms with Gasteiger partial charge >= 0.3 is 7.69 Å². The Hall–Kier alpha value is -1.61. The van der Waals surface area contributed by atoms with Gasteiger partial charge in [-0.3, -0.25) is 0 Å². The third-order valence-electron chi connectivity index (χ3n) is 1.32. The van der Waals surface area contributed by atoms with E-state index < -0.39 is 22.9 Å². The second-order valence-electron chi connectivity index (χ2n) is 2.10. The van der Waals surface area contributed by atoms with E-state index in [1.54, 1.807) is 0 Å². The van der Waals surface area contributed by atoms with E-state index in [1.165, 1.54) is 6.07 Å². The Labute approximate surface area is 73.5 Å². The van der Waals surface area contributed by atoms with Crippen LogP contribution in [0, 0.1) is 23.0 Å². The van der Waals surface area contributed by atoms with Crippen LogP contribution < -0.4 is 4.65 Å². The number of rotatable bonds is 2. The van der Waals surface area contributed by atoms with Gasteiger partial charge in [0.05, 0.1) is 5.56 Å². The van der Waals surface area contributed by atoms with Crippen LogP contribution >= 0.6 is 0 Å². The van der Waals surface area contributed by atoms with Gasteiger partial charge in [-0.25, -0.2) is 8.78 Å². The van der Waals surface area contributed by atoms with Gasteiger partial charge in [0, 0.05) is 6.07 Å². The first-order valence-corrected chi connectivity index (χ1v) is 3.20. The summed E-state index contributed by atoms with van der Waals surface area (Å²) < 4.78 is 29.8. The van der Waals surface area contributed by atoms with Gasteiger partial charge in [0.25, 0.3) is 0 Å². The lowest BCUT2D eigenvalue weighted by Crippen LogP contribution is -2.02. The summed E-state index contributed by atoms with van der Waals surface area (Å²) in [5.74, 6) is -2.29. The molecule has 0 bridgehead atoms. The Morgan fingerprint density at radius 2 is 2.08 bits per heavy atom. The molecular weight excluding hydrogens is 179 g/mol. The van der Waals surface area contributed by atoms with E-state index in [9.17, 15) is 8.78 Å². The monoisotopic (exact) mass is 182 g/mol. The number of nitriles is 1. The molecule has 1 N–H and O–H groups in total. The van der Waals surface area contributed by atoms with Crippen molar-refractivity contribution in [1.82, 2.24) is 0 Å². The zero-order valence-electron chi connectivity index (χ0n) is 6.29. The van der Waals surface area contributed by atoms with Gasteiger partial charge in [-0.05, 0) is 6.07 Å². The highest BCUT2D eigenvalue weighted by atomic mass is 19.1. The van der Waals surface area contributed by atoms with Crippen LogP contribution in [0.3, 0.4) is 0 Å². The minimum Gasteiger partial charge on any atom is -0.535 e. The fourth-order valence-corrected chi connectivity index (χ4v) is 0.761. The predicted octanol–water partition coefficient (Wildman–Crippen LogP) is 0.742. The normalized spacial score (nSPS) is 9.08. The maximum Gasteiger partial charge on any atom is 0.569 e. The van der Waals surface area contributed by atoms with Crippen LogP contribution in [0.5, 0.6) is 5.75 Å². The largest absolute Gasteiger partial charge is 0.569 e. The minimum atomic E-state index is -0.914.